The molecule has 0 unspecified atom stereocenters. The van der Waals surface area contributed by atoms with Crippen LogP contribution in [0.5, 0.6) is 5.75 Å². The lowest BCUT2D eigenvalue weighted by Crippen LogP contribution is -2.01. The lowest BCUT2D eigenvalue weighted by atomic mass is 10.1. The van der Waals surface area contributed by atoms with Gasteiger partial charge in [0.1, 0.15) is 12.4 Å². The molecule has 0 spiro atoms. The van der Waals surface area contributed by atoms with Crippen molar-refractivity contribution in [2.45, 2.75) is 27.4 Å². The van der Waals surface area contributed by atoms with Crippen molar-refractivity contribution in [3.05, 3.63) is 64.2 Å². The second-order valence-electron chi connectivity index (χ2n) is 4.71. The van der Waals surface area contributed by atoms with Crippen LogP contribution in [0, 0.1) is 32.1 Å². The van der Waals surface area contributed by atoms with E-state index in [0.29, 0.717) is 12.2 Å². The Morgan fingerprint density at radius 3 is 2.42 bits per heavy atom. The van der Waals surface area contributed by atoms with Gasteiger partial charge in [-0.3, -0.25) is 0 Å². The minimum absolute atomic E-state index is 0.425. The molecule has 0 heterocycles. The minimum atomic E-state index is 0.425. The lowest BCUT2D eigenvalue weighted by molar-refractivity contribution is 0.301. The fourth-order valence-electron chi connectivity index (χ4n) is 2.05. The molecule has 2 rings (SSSR count). The van der Waals surface area contributed by atoms with Crippen LogP contribution in [0.15, 0.2) is 36.4 Å². The Balaban J connectivity index is 2.25. The third-order valence-electron chi connectivity index (χ3n) is 3.38. The van der Waals surface area contributed by atoms with Crippen LogP contribution in [0.3, 0.4) is 0 Å². The SMILES string of the molecule is Cc1ccc(C)c(OCc2ccccc2C#N)c1C. The molecule has 0 bridgehead atoms. The standard InChI is InChI=1S/C17H17NO/c1-12-8-9-13(2)17(14(12)3)19-11-16-7-5-4-6-15(16)10-18/h4-9H,11H2,1-3H3. The molecular formula is C17H17NO. The zero-order valence-corrected chi connectivity index (χ0v) is 11.5. The smallest absolute Gasteiger partial charge is 0.125 e. The first-order valence-corrected chi connectivity index (χ1v) is 6.31. The molecule has 2 nitrogen and oxygen atoms in total. The molecule has 2 aromatic carbocycles. The number of ether oxygens (including phenoxy) is 1. The fourth-order valence-corrected chi connectivity index (χ4v) is 2.05. The average molecular weight is 251 g/mol. The molecule has 0 amide bonds. The van der Waals surface area contributed by atoms with Crippen molar-refractivity contribution in [2.24, 2.45) is 0 Å². The van der Waals surface area contributed by atoms with Gasteiger partial charge in [-0.2, -0.15) is 5.26 Å². The highest BCUT2D eigenvalue weighted by Crippen LogP contribution is 2.26. The summed E-state index contributed by atoms with van der Waals surface area (Å²) >= 11 is 0. The number of benzene rings is 2. The first-order chi connectivity index (χ1) is 9.13. The van der Waals surface area contributed by atoms with Gasteiger partial charge in [-0.05, 0) is 43.5 Å². The summed E-state index contributed by atoms with van der Waals surface area (Å²) in [6.07, 6.45) is 0. The van der Waals surface area contributed by atoms with Crippen molar-refractivity contribution in [3.63, 3.8) is 0 Å². The summed E-state index contributed by atoms with van der Waals surface area (Å²) < 4.78 is 5.93. The third-order valence-corrected chi connectivity index (χ3v) is 3.38. The molecule has 0 atom stereocenters. The number of hydrogen-bond donors (Lipinski definition) is 0. The molecule has 0 aliphatic rings. The Labute approximate surface area is 114 Å². The van der Waals surface area contributed by atoms with Gasteiger partial charge in [-0.15, -0.1) is 0 Å². The second-order valence-corrected chi connectivity index (χ2v) is 4.71. The summed E-state index contributed by atoms with van der Waals surface area (Å²) in [7, 11) is 0. The zero-order chi connectivity index (χ0) is 13.8. The molecule has 96 valence electrons. The monoisotopic (exact) mass is 251 g/mol. The number of rotatable bonds is 3. The molecule has 2 aromatic rings. The van der Waals surface area contributed by atoms with Gasteiger partial charge in [-0.25, -0.2) is 0 Å². The minimum Gasteiger partial charge on any atom is -0.488 e. The van der Waals surface area contributed by atoms with Gasteiger partial charge in [-0.1, -0.05) is 30.3 Å². The third kappa shape index (κ3) is 2.77. The van der Waals surface area contributed by atoms with Crippen molar-refractivity contribution in [3.8, 4) is 11.8 Å². The molecule has 0 N–H and O–H groups in total. The highest BCUT2D eigenvalue weighted by Gasteiger charge is 2.08. The van der Waals surface area contributed by atoms with E-state index < -0.39 is 0 Å². The molecule has 19 heavy (non-hydrogen) atoms. The average Bonchev–Trinajstić information content (AvgIpc) is 2.43. The van der Waals surface area contributed by atoms with Gasteiger partial charge in [0, 0.05) is 5.56 Å². The van der Waals surface area contributed by atoms with Crippen LogP contribution in [0.4, 0.5) is 0 Å². The molecule has 2 heteroatoms. The van der Waals surface area contributed by atoms with E-state index in [1.54, 1.807) is 0 Å². The molecular weight excluding hydrogens is 234 g/mol. The number of hydrogen-bond acceptors (Lipinski definition) is 2. The molecule has 0 aliphatic carbocycles. The Morgan fingerprint density at radius 2 is 1.68 bits per heavy atom. The molecule has 0 aliphatic heterocycles. The first kappa shape index (κ1) is 13.2. The van der Waals surface area contributed by atoms with Gasteiger partial charge in [0.15, 0.2) is 0 Å². The maximum Gasteiger partial charge on any atom is 0.125 e. The second kappa shape index (κ2) is 5.58. The molecule has 0 radical (unpaired) electrons. The normalized spacial score (nSPS) is 10.0. The Bertz CT molecular complexity index is 638. The highest BCUT2D eigenvalue weighted by molar-refractivity contribution is 5.45. The summed E-state index contributed by atoms with van der Waals surface area (Å²) in [5, 5.41) is 9.06. The van der Waals surface area contributed by atoms with Gasteiger partial charge in [0.2, 0.25) is 0 Å². The van der Waals surface area contributed by atoms with Gasteiger partial charge in [0.05, 0.1) is 11.6 Å². The summed E-state index contributed by atoms with van der Waals surface area (Å²) in [6.45, 7) is 6.60. The molecule has 0 aromatic heterocycles. The molecule has 0 saturated heterocycles. The Morgan fingerprint density at radius 1 is 1.00 bits per heavy atom. The van der Waals surface area contributed by atoms with Crippen molar-refractivity contribution >= 4 is 0 Å². The highest BCUT2D eigenvalue weighted by atomic mass is 16.5. The number of nitrogens with zero attached hydrogens (tertiary/aromatic N) is 1. The maximum atomic E-state index is 9.06. The molecule has 0 saturated carbocycles. The summed E-state index contributed by atoms with van der Waals surface area (Å²) in [4.78, 5) is 0. The van der Waals surface area contributed by atoms with E-state index in [4.69, 9.17) is 10.00 Å². The largest absolute Gasteiger partial charge is 0.488 e. The predicted molar refractivity (Wildman–Crippen MR) is 76.1 cm³/mol. The summed E-state index contributed by atoms with van der Waals surface area (Å²) in [5.74, 6) is 0.924. The van der Waals surface area contributed by atoms with Crippen LogP contribution in [0.2, 0.25) is 0 Å². The zero-order valence-electron chi connectivity index (χ0n) is 11.5. The van der Waals surface area contributed by atoms with E-state index in [-0.39, 0.29) is 0 Å². The Kier molecular flexibility index (Phi) is 3.87. The number of aryl methyl sites for hydroxylation is 2. The van der Waals surface area contributed by atoms with Crippen LogP contribution in [-0.4, -0.2) is 0 Å². The Hall–Kier alpha value is -2.27. The van der Waals surface area contributed by atoms with E-state index in [1.165, 1.54) is 5.56 Å². The van der Waals surface area contributed by atoms with Crippen LogP contribution in [0.1, 0.15) is 27.8 Å². The lowest BCUT2D eigenvalue weighted by Gasteiger charge is -2.14. The van der Waals surface area contributed by atoms with Gasteiger partial charge < -0.3 is 4.74 Å². The maximum absolute atomic E-state index is 9.06. The van der Waals surface area contributed by atoms with Crippen molar-refractivity contribution < 1.29 is 4.74 Å². The fraction of sp³-hybridized carbons (Fsp3) is 0.235. The van der Waals surface area contributed by atoms with Crippen LogP contribution < -0.4 is 4.74 Å². The summed E-state index contributed by atoms with van der Waals surface area (Å²) in [5.41, 5.74) is 5.09. The van der Waals surface area contributed by atoms with Crippen LogP contribution >= 0.6 is 0 Å². The van der Waals surface area contributed by atoms with E-state index in [2.05, 4.69) is 32.0 Å². The van der Waals surface area contributed by atoms with E-state index in [0.717, 1.165) is 22.4 Å². The van der Waals surface area contributed by atoms with Gasteiger partial charge >= 0.3 is 0 Å². The van der Waals surface area contributed by atoms with E-state index in [9.17, 15) is 0 Å². The summed E-state index contributed by atoms with van der Waals surface area (Å²) in [6, 6.07) is 13.9. The predicted octanol–water partition coefficient (Wildman–Crippen LogP) is 4.06. The van der Waals surface area contributed by atoms with Crippen molar-refractivity contribution in [2.75, 3.05) is 0 Å². The van der Waals surface area contributed by atoms with Crippen molar-refractivity contribution in [1.82, 2.24) is 0 Å². The van der Waals surface area contributed by atoms with E-state index >= 15 is 0 Å². The topological polar surface area (TPSA) is 33.0 Å². The number of nitriles is 1. The quantitative estimate of drug-likeness (QED) is 0.824. The van der Waals surface area contributed by atoms with Crippen LogP contribution in [0.25, 0.3) is 0 Å². The van der Waals surface area contributed by atoms with Crippen molar-refractivity contribution in [1.29, 1.82) is 5.26 Å². The van der Waals surface area contributed by atoms with Gasteiger partial charge in [0.25, 0.3) is 0 Å². The van der Waals surface area contributed by atoms with E-state index in [1.807, 2.05) is 31.2 Å². The van der Waals surface area contributed by atoms with Crippen LogP contribution in [-0.2, 0) is 6.61 Å². The first-order valence-electron chi connectivity index (χ1n) is 6.31. The molecule has 0 fully saturated rings.